The van der Waals surface area contributed by atoms with Gasteiger partial charge in [0.05, 0.1) is 0 Å². The first-order valence-electron chi connectivity index (χ1n) is 6.65. The fourth-order valence-corrected chi connectivity index (χ4v) is 2.70. The van der Waals surface area contributed by atoms with Crippen LogP contribution in [-0.4, -0.2) is 5.78 Å². The molecule has 0 bridgehead atoms. The van der Waals surface area contributed by atoms with Gasteiger partial charge in [-0.3, -0.25) is 4.79 Å². The minimum Gasteiger partial charge on any atom is -0.299 e. The van der Waals surface area contributed by atoms with Crippen LogP contribution in [0.4, 0.5) is 0 Å². The van der Waals surface area contributed by atoms with Crippen LogP contribution in [0.3, 0.4) is 0 Å². The molecule has 0 amide bonds. The van der Waals surface area contributed by atoms with Crippen molar-refractivity contribution in [2.75, 3.05) is 0 Å². The molecule has 0 heterocycles. The standard InChI is InChI=1S/C14H26O/c1-4-12(5-2)11-13(15)14(3)9-7-6-8-10-14/h12H,4-11H2,1-3H3. The lowest BCUT2D eigenvalue weighted by molar-refractivity contribution is -0.130. The van der Waals surface area contributed by atoms with Gasteiger partial charge in [0.2, 0.25) is 0 Å². The molecule has 0 saturated heterocycles. The summed E-state index contributed by atoms with van der Waals surface area (Å²) < 4.78 is 0. The molecule has 88 valence electrons. The highest BCUT2D eigenvalue weighted by molar-refractivity contribution is 5.84. The summed E-state index contributed by atoms with van der Waals surface area (Å²) in [6, 6.07) is 0. The van der Waals surface area contributed by atoms with E-state index in [0.29, 0.717) is 11.7 Å². The van der Waals surface area contributed by atoms with E-state index in [4.69, 9.17) is 0 Å². The Bertz CT molecular complexity index is 197. The molecule has 1 nitrogen and oxygen atoms in total. The van der Waals surface area contributed by atoms with Crippen LogP contribution in [0.2, 0.25) is 0 Å². The maximum Gasteiger partial charge on any atom is 0.139 e. The highest BCUT2D eigenvalue weighted by Crippen LogP contribution is 2.38. The van der Waals surface area contributed by atoms with Crippen molar-refractivity contribution in [2.45, 2.75) is 72.1 Å². The van der Waals surface area contributed by atoms with Gasteiger partial charge in [-0.2, -0.15) is 0 Å². The lowest BCUT2D eigenvalue weighted by Crippen LogP contribution is -2.31. The summed E-state index contributed by atoms with van der Waals surface area (Å²) in [5, 5.41) is 0. The molecule has 0 aromatic carbocycles. The van der Waals surface area contributed by atoms with E-state index in [1.165, 1.54) is 19.3 Å². The third-order valence-electron chi connectivity index (χ3n) is 4.26. The number of hydrogen-bond acceptors (Lipinski definition) is 1. The van der Waals surface area contributed by atoms with Gasteiger partial charge in [-0.05, 0) is 18.8 Å². The number of carbonyl (C=O) groups is 1. The van der Waals surface area contributed by atoms with Crippen molar-refractivity contribution in [3.8, 4) is 0 Å². The Kier molecular flexibility index (Phi) is 4.82. The third-order valence-corrected chi connectivity index (χ3v) is 4.26. The number of ketones is 1. The van der Waals surface area contributed by atoms with Gasteiger partial charge in [0.25, 0.3) is 0 Å². The molecular formula is C14H26O. The van der Waals surface area contributed by atoms with E-state index >= 15 is 0 Å². The van der Waals surface area contributed by atoms with Crippen molar-refractivity contribution >= 4 is 5.78 Å². The smallest absolute Gasteiger partial charge is 0.139 e. The first-order valence-corrected chi connectivity index (χ1v) is 6.65. The van der Waals surface area contributed by atoms with Crippen molar-refractivity contribution < 1.29 is 4.79 Å². The van der Waals surface area contributed by atoms with Crippen LogP contribution in [0.5, 0.6) is 0 Å². The Labute approximate surface area is 94.6 Å². The van der Waals surface area contributed by atoms with Crippen molar-refractivity contribution in [3.63, 3.8) is 0 Å². The molecule has 0 aromatic rings. The van der Waals surface area contributed by atoms with E-state index in [9.17, 15) is 4.79 Å². The summed E-state index contributed by atoms with van der Waals surface area (Å²) >= 11 is 0. The first kappa shape index (κ1) is 12.7. The van der Waals surface area contributed by atoms with Crippen LogP contribution in [0.25, 0.3) is 0 Å². The maximum absolute atomic E-state index is 12.2. The second-order valence-corrected chi connectivity index (χ2v) is 5.43. The normalized spacial score (nSPS) is 20.5. The first-order chi connectivity index (χ1) is 7.12. The average Bonchev–Trinajstić information content (AvgIpc) is 2.26. The van der Waals surface area contributed by atoms with Gasteiger partial charge < -0.3 is 0 Å². The van der Waals surface area contributed by atoms with Gasteiger partial charge in [0.15, 0.2) is 0 Å². The molecule has 0 spiro atoms. The van der Waals surface area contributed by atoms with Gasteiger partial charge in [-0.15, -0.1) is 0 Å². The number of Topliss-reactive ketones (excluding diaryl/α,β-unsaturated/α-hetero) is 1. The largest absolute Gasteiger partial charge is 0.299 e. The minimum absolute atomic E-state index is 0.0286. The summed E-state index contributed by atoms with van der Waals surface area (Å²) in [7, 11) is 0. The van der Waals surface area contributed by atoms with Crippen molar-refractivity contribution in [3.05, 3.63) is 0 Å². The van der Waals surface area contributed by atoms with E-state index in [0.717, 1.165) is 32.1 Å². The Morgan fingerprint density at radius 2 is 1.67 bits per heavy atom. The van der Waals surface area contributed by atoms with E-state index in [2.05, 4.69) is 20.8 Å². The number of hydrogen-bond donors (Lipinski definition) is 0. The molecule has 15 heavy (non-hydrogen) atoms. The molecule has 0 aromatic heterocycles. The lowest BCUT2D eigenvalue weighted by atomic mass is 9.70. The van der Waals surface area contributed by atoms with Gasteiger partial charge >= 0.3 is 0 Å². The quantitative estimate of drug-likeness (QED) is 0.659. The van der Waals surface area contributed by atoms with Crippen molar-refractivity contribution in [1.29, 1.82) is 0 Å². The highest BCUT2D eigenvalue weighted by Gasteiger charge is 2.34. The van der Waals surface area contributed by atoms with E-state index in [1.807, 2.05) is 0 Å². The maximum atomic E-state index is 12.2. The molecule has 1 heteroatoms. The summed E-state index contributed by atoms with van der Waals surface area (Å²) in [5.41, 5.74) is 0.0286. The molecule has 0 aliphatic heterocycles. The lowest BCUT2D eigenvalue weighted by Gasteiger charge is -2.33. The van der Waals surface area contributed by atoms with Gasteiger partial charge in [0.1, 0.15) is 5.78 Å². The predicted octanol–water partition coefficient (Wildman–Crippen LogP) is 4.35. The molecule has 1 aliphatic rings. The van der Waals surface area contributed by atoms with Crippen LogP contribution in [0, 0.1) is 11.3 Å². The number of carbonyl (C=O) groups excluding carboxylic acids is 1. The fraction of sp³-hybridized carbons (Fsp3) is 0.929. The minimum atomic E-state index is 0.0286. The molecule has 0 N–H and O–H groups in total. The van der Waals surface area contributed by atoms with E-state index in [1.54, 1.807) is 0 Å². The van der Waals surface area contributed by atoms with Crippen molar-refractivity contribution in [1.82, 2.24) is 0 Å². The molecule has 1 rings (SSSR count). The van der Waals surface area contributed by atoms with Gasteiger partial charge in [-0.25, -0.2) is 0 Å². The molecule has 1 aliphatic carbocycles. The van der Waals surface area contributed by atoms with Crippen LogP contribution < -0.4 is 0 Å². The Morgan fingerprint density at radius 3 is 2.13 bits per heavy atom. The van der Waals surface area contributed by atoms with Crippen LogP contribution in [0.1, 0.15) is 72.1 Å². The second-order valence-electron chi connectivity index (χ2n) is 5.43. The fourth-order valence-electron chi connectivity index (χ4n) is 2.70. The highest BCUT2D eigenvalue weighted by atomic mass is 16.1. The number of rotatable bonds is 5. The monoisotopic (exact) mass is 210 g/mol. The zero-order valence-corrected chi connectivity index (χ0v) is 10.6. The van der Waals surface area contributed by atoms with Crippen LogP contribution in [0.15, 0.2) is 0 Å². The zero-order valence-electron chi connectivity index (χ0n) is 10.6. The molecule has 1 saturated carbocycles. The average molecular weight is 210 g/mol. The Balaban J connectivity index is 2.50. The van der Waals surface area contributed by atoms with Crippen LogP contribution >= 0.6 is 0 Å². The summed E-state index contributed by atoms with van der Waals surface area (Å²) in [5.74, 6) is 1.16. The van der Waals surface area contributed by atoms with Gasteiger partial charge in [0, 0.05) is 11.8 Å². The molecule has 0 radical (unpaired) electrons. The van der Waals surface area contributed by atoms with Crippen molar-refractivity contribution in [2.24, 2.45) is 11.3 Å². The third kappa shape index (κ3) is 3.32. The predicted molar refractivity (Wildman–Crippen MR) is 64.9 cm³/mol. The summed E-state index contributed by atoms with van der Waals surface area (Å²) in [6.07, 6.45) is 9.22. The summed E-state index contributed by atoms with van der Waals surface area (Å²) in [4.78, 5) is 12.2. The molecular weight excluding hydrogens is 184 g/mol. The second kappa shape index (κ2) is 5.67. The van der Waals surface area contributed by atoms with Crippen LogP contribution in [-0.2, 0) is 4.79 Å². The topological polar surface area (TPSA) is 17.1 Å². The van der Waals surface area contributed by atoms with E-state index in [-0.39, 0.29) is 5.41 Å². The SMILES string of the molecule is CCC(CC)CC(=O)C1(C)CCCCC1. The zero-order chi connectivity index (χ0) is 11.3. The Morgan fingerprint density at radius 1 is 1.13 bits per heavy atom. The molecule has 0 atom stereocenters. The van der Waals surface area contributed by atoms with E-state index < -0.39 is 0 Å². The Hall–Kier alpha value is -0.330. The molecule has 1 fully saturated rings. The van der Waals surface area contributed by atoms with Gasteiger partial charge in [-0.1, -0.05) is 52.9 Å². The summed E-state index contributed by atoms with van der Waals surface area (Å²) in [6.45, 7) is 6.59. The molecule has 0 unspecified atom stereocenters.